The molecule has 130 valence electrons. The molecule has 1 aromatic carbocycles. The van der Waals surface area contributed by atoms with Crippen LogP contribution in [0.5, 0.6) is 0 Å². The van der Waals surface area contributed by atoms with E-state index in [0.29, 0.717) is 0 Å². The summed E-state index contributed by atoms with van der Waals surface area (Å²) < 4.78 is -0.578. The van der Waals surface area contributed by atoms with Gasteiger partial charge in [0.1, 0.15) is 17.5 Å². The maximum absolute atomic E-state index is 12.3. The highest BCUT2D eigenvalue weighted by Gasteiger charge is 2.64. The molecule has 0 aromatic heterocycles. The van der Waals surface area contributed by atoms with Crippen molar-refractivity contribution in [3.8, 4) is 0 Å². The zero-order chi connectivity index (χ0) is 16.8. The van der Waals surface area contributed by atoms with Crippen molar-refractivity contribution in [2.45, 2.75) is 42.5 Å². The molecule has 3 atom stereocenters. The predicted octanol–water partition coefficient (Wildman–Crippen LogP) is 1.28. The number of β-lactam (4-membered cyclic amide) rings is 1. The maximum Gasteiger partial charge on any atom is 0.327 e. The molecule has 2 amide bonds. The lowest BCUT2D eigenvalue weighted by Gasteiger charge is -2.43. The van der Waals surface area contributed by atoms with E-state index in [-0.39, 0.29) is 36.0 Å². The fourth-order valence-corrected chi connectivity index (χ4v) is 4.78. The minimum Gasteiger partial charge on any atom is -0.480 e. The zero-order valence-electron chi connectivity index (χ0n) is 13.3. The molecule has 0 spiro atoms. The van der Waals surface area contributed by atoms with Crippen LogP contribution in [-0.2, 0) is 20.8 Å². The SMILES string of the molecule is CC1(C)S[C@@H]2[C@H](NC(=O)Cc3ccccc3)C(=O)N2C1C(=O)O.Cl. The first-order valence-electron chi connectivity index (χ1n) is 7.37. The van der Waals surface area contributed by atoms with Gasteiger partial charge in [-0.25, -0.2) is 4.79 Å². The van der Waals surface area contributed by atoms with Gasteiger partial charge < -0.3 is 15.3 Å². The summed E-state index contributed by atoms with van der Waals surface area (Å²) in [7, 11) is 0. The van der Waals surface area contributed by atoms with Gasteiger partial charge in [0.15, 0.2) is 0 Å². The molecule has 24 heavy (non-hydrogen) atoms. The Bertz CT molecular complexity index is 667. The number of benzene rings is 1. The van der Waals surface area contributed by atoms with Crippen molar-refractivity contribution in [1.29, 1.82) is 0 Å². The van der Waals surface area contributed by atoms with Gasteiger partial charge in [-0.1, -0.05) is 30.3 Å². The number of amides is 2. The van der Waals surface area contributed by atoms with E-state index < -0.39 is 22.8 Å². The van der Waals surface area contributed by atoms with Crippen LogP contribution in [-0.4, -0.2) is 50.0 Å². The van der Waals surface area contributed by atoms with E-state index in [0.717, 1.165) is 5.56 Å². The third-order valence-corrected chi connectivity index (χ3v) is 5.77. The Morgan fingerprint density at radius 3 is 2.50 bits per heavy atom. The van der Waals surface area contributed by atoms with Crippen LogP contribution in [0.3, 0.4) is 0 Å². The molecule has 0 radical (unpaired) electrons. The number of carboxylic acids is 1. The van der Waals surface area contributed by atoms with E-state index in [4.69, 9.17) is 0 Å². The van der Waals surface area contributed by atoms with Gasteiger partial charge in [-0.2, -0.15) is 0 Å². The van der Waals surface area contributed by atoms with Gasteiger partial charge in [0.05, 0.1) is 6.42 Å². The molecule has 1 unspecified atom stereocenters. The summed E-state index contributed by atoms with van der Waals surface area (Å²) in [6.07, 6.45) is 0.202. The largest absolute Gasteiger partial charge is 0.480 e. The Morgan fingerprint density at radius 1 is 1.29 bits per heavy atom. The lowest BCUT2D eigenvalue weighted by Crippen LogP contribution is -2.70. The Balaban J connectivity index is 0.00000208. The van der Waals surface area contributed by atoms with E-state index >= 15 is 0 Å². The number of carboxylic acid groups (broad SMARTS) is 1. The molecule has 2 saturated heterocycles. The molecule has 2 N–H and O–H groups in total. The Morgan fingerprint density at radius 2 is 1.92 bits per heavy atom. The second-order valence-electron chi connectivity index (χ2n) is 6.31. The first kappa shape index (κ1) is 18.6. The van der Waals surface area contributed by atoms with E-state index in [1.165, 1.54) is 16.7 Å². The van der Waals surface area contributed by atoms with Gasteiger partial charge in [-0.05, 0) is 19.4 Å². The van der Waals surface area contributed by atoms with Gasteiger partial charge in [0, 0.05) is 4.75 Å². The highest BCUT2D eigenvalue weighted by Crippen LogP contribution is 2.50. The monoisotopic (exact) mass is 370 g/mol. The number of carbonyl (C=O) groups excluding carboxylic acids is 2. The molecule has 0 aliphatic carbocycles. The average Bonchev–Trinajstić information content (AvgIpc) is 2.74. The first-order chi connectivity index (χ1) is 10.8. The van der Waals surface area contributed by atoms with E-state index in [2.05, 4.69) is 5.32 Å². The van der Waals surface area contributed by atoms with E-state index in [1.807, 2.05) is 44.2 Å². The number of aliphatic carboxylic acids is 1. The van der Waals surface area contributed by atoms with Crippen LogP contribution >= 0.6 is 24.2 Å². The molecular formula is C16H19ClN2O4S. The highest BCUT2D eigenvalue weighted by atomic mass is 35.5. The second-order valence-corrected chi connectivity index (χ2v) is 8.08. The Kier molecular flexibility index (Phi) is 5.15. The molecule has 1 aromatic rings. The standard InChI is InChI=1S/C16H18N2O4S.ClH/c1-16(2)12(15(21)22)18-13(20)11(14(18)23-16)17-10(19)8-9-6-4-3-5-7-9;/h3-7,11-12,14H,8H2,1-2H3,(H,17,19)(H,21,22);1H/t11-,12?,14-;/m1./s1. The van der Waals surface area contributed by atoms with Crippen LogP contribution in [0.1, 0.15) is 19.4 Å². The van der Waals surface area contributed by atoms with Gasteiger partial charge in [-0.3, -0.25) is 9.59 Å². The molecular weight excluding hydrogens is 352 g/mol. The highest BCUT2D eigenvalue weighted by molar-refractivity contribution is 8.01. The van der Waals surface area contributed by atoms with Crippen LogP contribution in [0.2, 0.25) is 0 Å². The molecule has 6 nitrogen and oxygen atoms in total. The number of hydrogen-bond donors (Lipinski definition) is 2. The minimum atomic E-state index is -1.01. The number of hydrogen-bond acceptors (Lipinski definition) is 4. The first-order valence-corrected chi connectivity index (χ1v) is 8.25. The smallest absolute Gasteiger partial charge is 0.327 e. The average molecular weight is 371 g/mol. The van der Waals surface area contributed by atoms with Crippen LogP contribution in [0, 0.1) is 0 Å². The van der Waals surface area contributed by atoms with Gasteiger partial charge >= 0.3 is 5.97 Å². The fourth-order valence-electron chi connectivity index (χ4n) is 3.15. The van der Waals surface area contributed by atoms with Gasteiger partial charge in [0.25, 0.3) is 0 Å². The third-order valence-electron chi connectivity index (χ3n) is 4.20. The number of halogens is 1. The van der Waals surface area contributed by atoms with E-state index in [1.54, 1.807) is 0 Å². The Labute approximate surface area is 150 Å². The lowest BCUT2D eigenvalue weighted by atomic mass is 9.96. The van der Waals surface area contributed by atoms with Crippen LogP contribution in [0.4, 0.5) is 0 Å². The second kappa shape index (κ2) is 6.64. The summed E-state index contributed by atoms with van der Waals surface area (Å²) in [6.45, 7) is 3.62. The fraction of sp³-hybridized carbons (Fsp3) is 0.438. The van der Waals surface area contributed by atoms with Gasteiger partial charge in [0.2, 0.25) is 11.8 Å². The number of nitrogens with zero attached hydrogens (tertiary/aromatic N) is 1. The van der Waals surface area contributed by atoms with Crippen LogP contribution in [0.15, 0.2) is 30.3 Å². The summed E-state index contributed by atoms with van der Waals surface area (Å²) in [6, 6.07) is 7.78. The molecule has 2 aliphatic rings. The van der Waals surface area contributed by atoms with E-state index in [9.17, 15) is 19.5 Å². The molecule has 2 heterocycles. The predicted molar refractivity (Wildman–Crippen MR) is 93.1 cm³/mol. The van der Waals surface area contributed by atoms with Crippen LogP contribution in [0.25, 0.3) is 0 Å². The normalized spacial score (nSPS) is 26.8. The molecule has 2 fully saturated rings. The number of nitrogens with one attached hydrogen (secondary N) is 1. The molecule has 3 rings (SSSR count). The maximum atomic E-state index is 12.3. The molecule has 8 heteroatoms. The molecule has 0 bridgehead atoms. The molecule has 0 saturated carbocycles. The summed E-state index contributed by atoms with van der Waals surface area (Å²) >= 11 is 1.42. The molecule has 2 aliphatic heterocycles. The summed E-state index contributed by atoms with van der Waals surface area (Å²) in [4.78, 5) is 37.2. The van der Waals surface area contributed by atoms with Crippen molar-refractivity contribution >= 4 is 42.0 Å². The summed E-state index contributed by atoms with van der Waals surface area (Å²) in [5.41, 5.74) is 0.872. The van der Waals surface area contributed by atoms with Crippen molar-refractivity contribution in [2.75, 3.05) is 0 Å². The topological polar surface area (TPSA) is 86.7 Å². The third kappa shape index (κ3) is 3.10. The quantitative estimate of drug-likeness (QED) is 0.780. The van der Waals surface area contributed by atoms with Crippen molar-refractivity contribution in [3.63, 3.8) is 0 Å². The number of carbonyl (C=O) groups is 3. The number of rotatable bonds is 4. The number of thioether (sulfide) groups is 1. The van der Waals surface area contributed by atoms with Crippen molar-refractivity contribution in [3.05, 3.63) is 35.9 Å². The van der Waals surface area contributed by atoms with Crippen molar-refractivity contribution < 1.29 is 19.5 Å². The van der Waals surface area contributed by atoms with Crippen molar-refractivity contribution in [1.82, 2.24) is 10.2 Å². The number of fused-ring (bicyclic) bond motifs is 1. The summed E-state index contributed by atoms with van der Waals surface area (Å²) in [5.74, 6) is -1.55. The minimum absolute atomic E-state index is 0. The lowest BCUT2D eigenvalue weighted by molar-refractivity contribution is -0.161. The van der Waals surface area contributed by atoms with Crippen LogP contribution < -0.4 is 5.32 Å². The Hall–Kier alpha value is -1.73. The zero-order valence-corrected chi connectivity index (χ0v) is 14.9. The van der Waals surface area contributed by atoms with Gasteiger partial charge in [-0.15, -0.1) is 24.2 Å². The summed E-state index contributed by atoms with van der Waals surface area (Å²) in [5, 5.41) is 11.8. The van der Waals surface area contributed by atoms with Crippen molar-refractivity contribution in [2.24, 2.45) is 0 Å².